The highest BCUT2D eigenvalue weighted by atomic mass is 16.5. The van der Waals surface area contributed by atoms with Gasteiger partial charge in [-0.15, -0.1) is 0 Å². The Morgan fingerprint density at radius 1 is 1.16 bits per heavy atom. The number of likely N-dealkylation sites (N-methyl/N-ethyl adjacent to an activating group) is 1. The minimum atomic E-state index is 0.217. The first kappa shape index (κ1) is 14.5. The molecule has 0 aromatic heterocycles. The van der Waals surface area contributed by atoms with E-state index in [0.717, 1.165) is 13.0 Å². The van der Waals surface area contributed by atoms with Crippen molar-refractivity contribution >= 4 is 0 Å². The lowest BCUT2D eigenvalue weighted by atomic mass is 9.85. The van der Waals surface area contributed by atoms with Gasteiger partial charge < -0.3 is 10.1 Å². The van der Waals surface area contributed by atoms with Crippen LogP contribution in [-0.2, 0) is 10.2 Å². The fourth-order valence-electron chi connectivity index (χ4n) is 2.79. The maximum atomic E-state index is 5.92. The van der Waals surface area contributed by atoms with E-state index in [1.54, 1.807) is 0 Å². The topological polar surface area (TPSA) is 21.3 Å². The van der Waals surface area contributed by atoms with Gasteiger partial charge in [-0.1, -0.05) is 45.0 Å². The number of benzene rings is 1. The van der Waals surface area contributed by atoms with E-state index in [9.17, 15) is 0 Å². The number of rotatable bonds is 3. The Labute approximate surface area is 117 Å². The van der Waals surface area contributed by atoms with E-state index in [2.05, 4.69) is 50.4 Å². The van der Waals surface area contributed by atoms with E-state index in [-0.39, 0.29) is 5.41 Å². The number of nitrogens with one attached hydrogen (secondary N) is 1. The highest BCUT2D eigenvalue weighted by Crippen LogP contribution is 2.28. The fraction of sp³-hybridized carbons (Fsp3) is 0.647. The molecule has 2 nitrogen and oxygen atoms in total. The minimum Gasteiger partial charge on any atom is -0.376 e. The van der Waals surface area contributed by atoms with E-state index in [1.165, 1.54) is 24.0 Å². The molecule has 19 heavy (non-hydrogen) atoms. The van der Waals surface area contributed by atoms with Crippen molar-refractivity contribution in [1.29, 1.82) is 0 Å². The van der Waals surface area contributed by atoms with Gasteiger partial charge in [0.1, 0.15) is 0 Å². The third-order valence-electron chi connectivity index (χ3n) is 4.03. The number of ether oxygens (including phenoxy) is 1. The lowest BCUT2D eigenvalue weighted by molar-refractivity contribution is -0.00662. The molecule has 2 rings (SSSR count). The van der Waals surface area contributed by atoms with Crippen LogP contribution in [0.2, 0.25) is 0 Å². The zero-order valence-electron chi connectivity index (χ0n) is 12.7. The number of hydrogen-bond acceptors (Lipinski definition) is 2. The van der Waals surface area contributed by atoms with Crippen LogP contribution in [0.5, 0.6) is 0 Å². The third-order valence-corrected chi connectivity index (χ3v) is 4.03. The Kier molecular flexibility index (Phi) is 4.64. The summed E-state index contributed by atoms with van der Waals surface area (Å²) in [6.45, 7) is 7.66. The van der Waals surface area contributed by atoms with Gasteiger partial charge in [-0.2, -0.15) is 0 Å². The van der Waals surface area contributed by atoms with E-state index >= 15 is 0 Å². The summed E-state index contributed by atoms with van der Waals surface area (Å²) >= 11 is 0. The predicted molar refractivity (Wildman–Crippen MR) is 80.5 cm³/mol. The zero-order chi connectivity index (χ0) is 13.9. The lowest BCUT2D eigenvalue weighted by Crippen LogP contribution is -2.34. The van der Waals surface area contributed by atoms with Crippen molar-refractivity contribution in [3.63, 3.8) is 0 Å². The van der Waals surface area contributed by atoms with E-state index < -0.39 is 0 Å². The second-order valence-corrected chi connectivity index (χ2v) is 6.54. The van der Waals surface area contributed by atoms with Crippen LogP contribution in [0, 0.1) is 0 Å². The first-order valence-electron chi connectivity index (χ1n) is 7.41. The molecule has 106 valence electrons. The molecule has 1 aromatic rings. The molecule has 0 aliphatic carbocycles. The summed E-state index contributed by atoms with van der Waals surface area (Å²) in [6, 6.07) is 9.32. The maximum absolute atomic E-state index is 5.92. The summed E-state index contributed by atoms with van der Waals surface area (Å²) < 4.78 is 5.92. The Balaban J connectivity index is 2.14. The summed E-state index contributed by atoms with van der Waals surface area (Å²) in [5.41, 5.74) is 2.94. The summed E-state index contributed by atoms with van der Waals surface area (Å²) in [7, 11) is 2.03. The van der Waals surface area contributed by atoms with Gasteiger partial charge in [0, 0.05) is 6.61 Å². The van der Waals surface area contributed by atoms with Gasteiger partial charge in [0.2, 0.25) is 0 Å². The van der Waals surface area contributed by atoms with E-state index in [1.807, 2.05) is 7.05 Å². The molecule has 2 heteroatoms. The van der Waals surface area contributed by atoms with E-state index in [0.29, 0.717) is 12.1 Å². The zero-order valence-corrected chi connectivity index (χ0v) is 12.7. The summed E-state index contributed by atoms with van der Waals surface area (Å²) in [5, 5.41) is 3.42. The molecule has 1 saturated heterocycles. The maximum Gasteiger partial charge on any atom is 0.0769 e. The van der Waals surface area contributed by atoms with Crippen LogP contribution in [0.4, 0.5) is 0 Å². The van der Waals surface area contributed by atoms with Crippen LogP contribution in [0.15, 0.2) is 24.3 Å². The van der Waals surface area contributed by atoms with Crippen LogP contribution >= 0.6 is 0 Å². The van der Waals surface area contributed by atoms with Gasteiger partial charge in [0.05, 0.1) is 12.1 Å². The monoisotopic (exact) mass is 261 g/mol. The summed E-state index contributed by atoms with van der Waals surface area (Å²) in [5.74, 6) is 0. The lowest BCUT2D eigenvalue weighted by Gasteiger charge is -2.31. The molecule has 0 amide bonds. The molecule has 1 aromatic carbocycles. The molecule has 1 N–H and O–H groups in total. The molecule has 0 radical (unpaired) electrons. The first-order chi connectivity index (χ1) is 9.02. The smallest absolute Gasteiger partial charge is 0.0769 e. The van der Waals surface area contributed by atoms with Gasteiger partial charge in [-0.3, -0.25) is 0 Å². The van der Waals surface area contributed by atoms with Crippen LogP contribution in [0.1, 0.15) is 57.2 Å². The molecule has 0 spiro atoms. The number of hydrogen-bond donors (Lipinski definition) is 1. The Morgan fingerprint density at radius 2 is 1.84 bits per heavy atom. The van der Waals surface area contributed by atoms with Gasteiger partial charge in [-0.25, -0.2) is 0 Å². The Hall–Kier alpha value is -0.860. The molecule has 0 saturated carbocycles. The molecule has 0 bridgehead atoms. The van der Waals surface area contributed by atoms with Crippen molar-refractivity contribution in [2.75, 3.05) is 13.7 Å². The minimum absolute atomic E-state index is 0.217. The van der Waals surface area contributed by atoms with E-state index in [4.69, 9.17) is 4.74 Å². The molecule has 2 unspecified atom stereocenters. The van der Waals surface area contributed by atoms with Crippen molar-refractivity contribution in [2.24, 2.45) is 0 Å². The van der Waals surface area contributed by atoms with Crippen LogP contribution in [-0.4, -0.2) is 19.8 Å². The Bertz CT molecular complexity index is 385. The second kappa shape index (κ2) is 6.06. The standard InChI is InChI=1S/C17H27NO/c1-17(2,3)14-10-8-13(9-11-14)16(18-4)15-7-5-6-12-19-15/h8-11,15-16,18H,5-7,12H2,1-4H3. The summed E-state index contributed by atoms with van der Waals surface area (Å²) in [6.07, 6.45) is 3.96. The van der Waals surface area contributed by atoms with Gasteiger partial charge in [-0.05, 0) is 42.9 Å². The molecule has 1 heterocycles. The van der Waals surface area contributed by atoms with Gasteiger partial charge >= 0.3 is 0 Å². The largest absolute Gasteiger partial charge is 0.376 e. The second-order valence-electron chi connectivity index (χ2n) is 6.54. The van der Waals surface area contributed by atoms with Crippen LogP contribution < -0.4 is 5.32 Å². The highest BCUT2D eigenvalue weighted by Gasteiger charge is 2.25. The summed E-state index contributed by atoms with van der Waals surface area (Å²) in [4.78, 5) is 0. The van der Waals surface area contributed by atoms with Gasteiger partial charge in [0.25, 0.3) is 0 Å². The normalized spacial score (nSPS) is 22.2. The molecule has 1 aliphatic rings. The third kappa shape index (κ3) is 3.58. The van der Waals surface area contributed by atoms with Crippen molar-refractivity contribution < 1.29 is 4.74 Å². The quantitative estimate of drug-likeness (QED) is 0.893. The SMILES string of the molecule is CNC(c1ccc(C(C)(C)C)cc1)C1CCCCO1. The van der Waals surface area contributed by atoms with Crippen LogP contribution in [0.25, 0.3) is 0 Å². The average Bonchev–Trinajstić information content (AvgIpc) is 2.40. The molecule has 2 atom stereocenters. The van der Waals surface area contributed by atoms with Crippen molar-refractivity contribution in [3.8, 4) is 0 Å². The van der Waals surface area contributed by atoms with Crippen molar-refractivity contribution in [3.05, 3.63) is 35.4 Å². The van der Waals surface area contributed by atoms with Crippen molar-refractivity contribution in [1.82, 2.24) is 5.32 Å². The highest BCUT2D eigenvalue weighted by molar-refractivity contribution is 5.29. The van der Waals surface area contributed by atoms with Gasteiger partial charge in [0.15, 0.2) is 0 Å². The van der Waals surface area contributed by atoms with Crippen molar-refractivity contribution in [2.45, 2.75) is 57.6 Å². The molecule has 1 fully saturated rings. The molecular weight excluding hydrogens is 234 g/mol. The predicted octanol–water partition coefficient (Wildman–Crippen LogP) is 3.81. The molecule has 1 aliphatic heterocycles. The Morgan fingerprint density at radius 3 is 2.32 bits per heavy atom. The average molecular weight is 261 g/mol. The first-order valence-corrected chi connectivity index (χ1v) is 7.41. The fourth-order valence-corrected chi connectivity index (χ4v) is 2.79. The molecular formula is C17H27NO. The van der Waals surface area contributed by atoms with Crippen LogP contribution in [0.3, 0.4) is 0 Å².